The number of rotatable bonds is 24. The van der Waals surface area contributed by atoms with E-state index in [0.717, 1.165) is 32.1 Å². The quantitative estimate of drug-likeness (QED) is 0.0211. The van der Waals surface area contributed by atoms with Gasteiger partial charge in [-0.3, -0.25) is 18.4 Å². The molecule has 0 spiro atoms. The molecule has 0 amide bonds. The molecule has 0 radical (unpaired) electrons. The molecule has 1 fully saturated rings. The molecular formula is C38H75NO16P2. The SMILES string of the molecule is C#CC#CC#CC#CC#CC#CC(=O)OC[C@H](COP(=O)(O)OC1C(O)[C@H](OP(=O)(O)O)[C@H](O)C(O)[C@@H]1O)OC(=O)CCCCCCCCCCCCCCC.N.[HH].[HH].[HH].[HH].[HH].[HH].[HH].[HH].[HH].[HH].[HH]. The number of carbonyl (C=O) groups is 2. The second-order valence-corrected chi connectivity index (χ2v) is 15.1. The summed E-state index contributed by atoms with van der Waals surface area (Å²) in [7, 11) is -10.8. The minimum atomic E-state index is -5.39. The summed E-state index contributed by atoms with van der Waals surface area (Å²) >= 11 is 0. The van der Waals surface area contributed by atoms with Crippen LogP contribution < -0.4 is 6.15 Å². The van der Waals surface area contributed by atoms with E-state index in [1.54, 1.807) is 0 Å². The number of hydrogen-bond donors (Lipinski definition) is 8. The van der Waals surface area contributed by atoms with Gasteiger partial charge in [-0.15, -0.1) is 6.42 Å². The van der Waals surface area contributed by atoms with Crippen LogP contribution in [0.5, 0.6) is 0 Å². The number of hydrogen-bond acceptors (Lipinski definition) is 14. The zero-order valence-corrected chi connectivity index (χ0v) is 33.6. The van der Waals surface area contributed by atoms with Crippen LogP contribution in [-0.4, -0.2) is 103 Å². The monoisotopic (exact) mass is 863 g/mol. The van der Waals surface area contributed by atoms with Crippen LogP contribution in [0.25, 0.3) is 0 Å². The highest BCUT2D eigenvalue weighted by Crippen LogP contribution is 2.49. The van der Waals surface area contributed by atoms with Crippen LogP contribution in [0, 0.1) is 71.5 Å². The Hall–Kier alpha value is -3.68. The van der Waals surface area contributed by atoms with Gasteiger partial charge in [0.25, 0.3) is 0 Å². The van der Waals surface area contributed by atoms with Crippen molar-refractivity contribution in [3.63, 3.8) is 0 Å². The Labute approximate surface area is 350 Å². The number of carbonyl (C=O) groups excluding carboxylic acids is 2. The third-order valence-electron chi connectivity index (χ3n) is 7.90. The third-order valence-corrected chi connectivity index (χ3v) is 9.41. The van der Waals surface area contributed by atoms with Crippen molar-refractivity contribution in [2.75, 3.05) is 13.2 Å². The molecule has 1 rings (SSSR count). The topological polar surface area (TPSA) is 291 Å². The number of phosphoric acid groups is 2. The molecule has 0 saturated heterocycles. The lowest BCUT2D eigenvalue weighted by atomic mass is 9.85. The van der Waals surface area contributed by atoms with Gasteiger partial charge in [-0.2, -0.15) is 0 Å². The molecule has 338 valence electrons. The molecule has 57 heavy (non-hydrogen) atoms. The highest BCUT2D eigenvalue weighted by Gasteiger charge is 2.54. The summed E-state index contributed by atoms with van der Waals surface area (Å²) in [6.07, 6.45) is 3.86. The second kappa shape index (κ2) is 30.4. The smallest absolute Gasteiger partial charge is 0.456 e. The zero-order valence-electron chi connectivity index (χ0n) is 31.8. The van der Waals surface area contributed by atoms with E-state index in [1.807, 2.05) is 5.92 Å². The fourth-order valence-electron chi connectivity index (χ4n) is 5.14. The van der Waals surface area contributed by atoms with E-state index in [9.17, 15) is 44.0 Å². The minimum absolute atomic E-state index is 0. The first-order valence-corrected chi connectivity index (χ1v) is 21.1. The Balaban J connectivity index is -0.000000261. The Morgan fingerprint density at radius 3 is 1.60 bits per heavy atom. The van der Waals surface area contributed by atoms with Crippen LogP contribution >= 0.6 is 15.6 Å². The number of phosphoric ester groups is 2. The number of aliphatic hydroxyl groups is 4. The average molecular weight is 864 g/mol. The van der Waals surface area contributed by atoms with Crippen molar-refractivity contribution in [3.05, 3.63) is 0 Å². The van der Waals surface area contributed by atoms with Crippen molar-refractivity contribution < 1.29 is 92.6 Å². The summed E-state index contributed by atoms with van der Waals surface area (Å²) in [5, 5.41) is 40.9. The maximum atomic E-state index is 12.8. The van der Waals surface area contributed by atoms with Crippen LogP contribution in [0.4, 0.5) is 0 Å². The van der Waals surface area contributed by atoms with Gasteiger partial charge in [0.1, 0.15) is 43.2 Å². The van der Waals surface area contributed by atoms with Gasteiger partial charge in [-0.1, -0.05) is 84.0 Å². The van der Waals surface area contributed by atoms with Gasteiger partial charge in [-0.25, -0.2) is 13.9 Å². The maximum absolute atomic E-state index is 12.8. The van der Waals surface area contributed by atoms with Crippen molar-refractivity contribution in [2.45, 2.75) is 140 Å². The molecule has 0 aromatic rings. The van der Waals surface area contributed by atoms with Crippen LogP contribution in [0.15, 0.2) is 0 Å². The molecule has 0 aliphatic heterocycles. The largest absolute Gasteiger partial charge is 0.472 e. The Kier molecular flexibility index (Phi) is 28.4. The molecular weight excluding hydrogens is 788 g/mol. The van der Waals surface area contributed by atoms with Crippen molar-refractivity contribution >= 4 is 27.6 Å². The van der Waals surface area contributed by atoms with Crippen LogP contribution in [0.3, 0.4) is 0 Å². The molecule has 8 atom stereocenters. The summed E-state index contributed by atoms with van der Waals surface area (Å²) in [6, 6.07) is 0. The molecule has 4 unspecified atom stereocenters. The maximum Gasteiger partial charge on any atom is 0.472 e. The standard InChI is InChI=1S/C38H50O16P2.H3N.11H2/c1-3-5-7-9-11-13-15-16-17-19-21-23-25-27-32(40)52-30(28-50-31(39)26-24-22-20-18-14-12-10-8-6-4-2)29-51-56(48,49)54-38-35(43)33(41)34(42)37(36(38)44)53-55(45,46)47;;;;;;;;;;;;/h2,30,33-38,41-44H,3,5,7,9,11,13,15-17,19,21,23,25,27-29H2,1H3,(H,48,49)(H2,45,46,47);1H3;11*1H/t30-,33?,34-,35+,36?,37-,38?;;;;;;;;;;;;/m1............/s1. The van der Waals surface area contributed by atoms with Gasteiger partial charge in [0.05, 0.1) is 6.61 Å². The van der Waals surface area contributed by atoms with Gasteiger partial charge < -0.3 is 50.7 Å². The molecule has 1 aliphatic rings. The Morgan fingerprint density at radius 2 is 1.11 bits per heavy atom. The van der Waals surface area contributed by atoms with E-state index >= 15 is 0 Å². The van der Waals surface area contributed by atoms with Crippen LogP contribution in [0.2, 0.25) is 0 Å². The molecule has 1 saturated carbocycles. The molecule has 0 bridgehead atoms. The molecule has 19 heteroatoms. The van der Waals surface area contributed by atoms with E-state index in [-0.39, 0.29) is 28.3 Å². The summed E-state index contributed by atoms with van der Waals surface area (Å²) in [4.78, 5) is 53.4. The number of terminal acetylenes is 1. The first kappa shape index (κ1) is 53.3. The van der Waals surface area contributed by atoms with Crippen LogP contribution in [-0.2, 0) is 41.8 Å². The van der Waals surface area contributed by atoms with Gasteiger partial charge >= 0.3 is 27.6 Å². The minimum Gasteiger partial charge on any atom is -0.456 e. The Bertz CT molecular complexity index is 1750. The van der Waals surface area contributed by atoms with Crippen molar-refractivity contribution in [3.8, 4) is 71.5 Å². The predicted molar refractivity (Wildman–Crippen MR) is 229 cm³/mol. The molecule has 10 N–H and O–H groups in total. The number of unbranched alkanes of at least 4 members (excludes halogenated alkanes) is 12. The number of aliphatic hydroxyl groups excluding tert-OH is 4. The summed E-state index contributed by atoms with van der Waals surface area (Å²) in [5.41, 5.74) is 0. The molecule has 17 nitrogen and oxygen atoms in total. The predicted octanol–water partition coefficient (Wildman–Crippen LogP) is 4.88. The van der Waals surface area contributed by atoms with Gasteiger partial charge in [-0.05, 0) is 65.6 Å². The summed E-state index contributed by atoms with van der Waals surface area (Å²) in [5.74, 6) is 23.0. The molecule has 1 aliphatic carbocycles. The molecule has 0 heterocycles. The van der Waals surface area contributed by atoms with Gasteiger partial charge in [0, 0.05) is 28.0 Å². The lowest BCUT2D eigenvalue weighted by molar-refractivity contribution is -0.216. The first-order chi connectivity index (χ1) is 26.6. The summed E-state index contributed by atoms with van der Waals surface area (Å²) < 4.78 is 48.4. The van der Waals surface area contributed by atoms with Crippen molar-refractivity contribution in [1.82, 2.24) is 6.15 Å². The fourth-order valence-corrected chi connectivity index (χ4v) is 6.68. The van der Waals surface area contributed by atoms with Crippen molar-refractivity contribution in [1.29, 1.82) is 0 Å². The van der Waals surface area contributed by atoms with Crippen LogP contribution in [0.1, 0.15) is 113 Å². The highest BCUT2D eigenvalue weighted by molar-refractivity contribution is 7.47. The number of ether oxygens (including phenoxy) is 2. The normalized spacial score (nSPS) is 21.1. The lowest BCUT2D eigenvalue weighted by Gasteiger charge is -2.43. The van der Waals surface area contributed by atoms with E-state index in [0.29, 0.717) is 6.42 Å². The Morgan fingerprint density at radius 1 is 0.649 bits per heavy atom. The second-order valence-electron chi connectivity index (χ2n) is 12.5. The lowest BCUT2D eigenvalue weighted by Crippen LogP contribution is -2.64. The first-order valence-electron chi connectivity index (χ1n) is 18.1. The number of esters is 2. The zero-order chi connectivity index (χ0) is 41.8. The highest BCUT2D eigenvalue weighted by atomic mass is 31.2. The van der Waals surface area contributed by atoms with E-state index in [2.05, 4.69) is 70.7 Å². The average Bonchev–Trinajstić information content (AvgIpc) is 3.14. The van der Waals surface area contributed by atoms with E-state index in [1.165, 1.54) is 44.9 Å². The van der Waals surface area contributed by atoms with E-state index < -0.39 is 83.5 Å². The molecule has 0 aromatic carbocycles. The van der Waals surface area contributed by atoms with Gasteiger partial charge in [0.15, 0.2) is 6.10 Å². The van der Waals surface area contributed by atoms with Crippen molar-refractivity contribution in [2.24, 2.45) is 0 Å². The summed E-state index contributed by atoms with van der Waals surface area (Å²) in [6.45, 7) is 0.517. The fraction of sp³-hybridized carbons (Fsp3) is 0.632. The molecule has 0 aromatic heterocycles. The van der Waals surface area contributed by atoms with E-state index in [4.69, 9.17) is 34.7 Å². The third kappa shape index (κ3) is 25.3. The van der Waals surface area contributed by atoms with Gasteiger partial charge in [0.2, 0.25) is 0 Å².